The van der Waals surface area contributed by atoms with Crippen molar-refractivity contribution in [2.45, 2.75) is 30.4 Å². The fourth-order valence-corrected chi connectivity index (χ4v) is 5.28. The van der Waals surface area contributed by atoms with Crippen molar-refractivity contribution in [2.24, 2.45) is 4.40 Å². The maximum absolute atomic E-state index is 12.6. The number of hydrogen-bond donors (Lipinski definition) is 0. The third-order valence-electron chi connectivity index (χ3n) is 5.55. The summed E-state index contributed by atoms with van der Waals surface area (Å²) in [5.41, 5.74) is 0.889. The van der Waals surface area contributed by atoms with Gasteiger partial charge in [0.05, 0.1) is 5.02 Å². The molecule has 9 heteroatoms. The number of likely N-dealkylation sites (tertiary alicyclic amines) is 1. The summed E-state index contributed by atoms with van der Waals surface area (Å²) in [5, 5.41) is 2.38. The predicted molar refractivity (Wildman–Crippen MR) is 131 cm³/mol. The minimum atomic E-state index is -3.86. The van der Waals surface area contributed by atoms with Gasteiger partial charge < -0.3 is 9.64 Å². The molecular weight excluding hydrogens is 460 g/mol. The number of nitrogens with zero attached hydrogens (tertiary/aromatic N) is 4. The number of aromatic nitrogens is 1. The average molecular weight is 487 g/mol. The molecule has 0 amide bonds. The van der Waals surface area contributed by atoms with E-state index in [0.29, 0.717) is 6.54 Å². The Morgan fingerprint density at radius 1 is 1.15 bits per heavy atom. The lowest BCUT2D eigenvalue weighted by atomic mass is 10.1. The van der Waals surface area contributed by atoms with Gasteiger partial charge >= 0.3 is 0 Å². The number of halogens is 1. The van der Waals surface area contributed by atoms with Gasteiger partial charge in [-0.1, -0.05) is 17.7 Å². The van der Waals surface area contributed by atoms with Gasteiger partial charge in [-0.15, -0.1) is 4.40 Å². The number of benzene rings is 2. The van der Waals surface area contributed by atoms with Crippen LogP contribution in [0.5, 0.6) is 5.75 Å². The second-order valence-corrected chi connectivity index (χ2v) is 10.4. The minimum Gasteiger partial charge on any atom is -0.490 e. The van der Waals surface area contributed by atoms with Crippen molar-refractivity contribution < 1.29 is 13.2 Å². The van der Waals surface area contributed by atoms with E-state index >= 15 is 0 Å². The van der Waals surface area contributed by atoms with E-state index in [2.05, 4.69) is 20.3 Å². The van der Waals surface area contributed by atoms with Crippen molar-refractivity contribution >= 4 is 38.7 Å². The molecule has 0 atom stereocenters. The number of hydrogen-bond acceptors (Lipinski definition) is 5. The van der Waals surface area contributed by atoms with Crippen molar-refractivity contribution in [3.05, 3.63) is 65.4 Å². The number of rotatable bonds is 7. The molecule has 7 nitrogen and oxygen atoms in total. The lowest BCUT2D eigenvalue weighted by molar-refractivity contribution is 0.0969. The summed E-state index contributed by atoms with van der Waals surface area (Å²) in [5.74, 6) is 0.873. The van der Waals surface area contributed by atoms with Gasteiger partial charge in [0, 0.05) is 51.5 Å². The van der Waals surface area contributed by atoms with Crippen LogP contribution in [-0.4, -0.2) is 62.8 Å². The molecule has 1 aromatic heterocycles. The van der Waals surface area contributed by atoms with E-state index in [-0.39, 0.29) is 16.0 Å². The van der Waals surface area contributed by atoms with Crippen LogP contribution in [0.1, 0.15) is 18.4 Å². The van der Waals surface area contributed by atoms with Crippen LogP contribution in [0.2, 0.25) is 5.02 Å². The molecule has 0 unspecified atom stereocenters. The Labute approximate surface area is 199 Å². The number of fused-ring (bicyclic) bond motifs is 1. The first-order valence-electron chi connectivity index (χ1n) is 10.8. The number of sulfonamides is 1. The summed E-state index contributed by atoms with van der Waals surface area (Å²) in [6, 6.07) is 13.2. The summed E-state index contributed by atoms with van der Waals surface area (Å²) in [4.78, 5) is 8.04. The normalized spacial score (nSPS) is 15.8. The van der Waals surface area contributed by atoms with E-state index in [1.54, 1.807) is 37.3 Å². The highest BCUT2D eigenvalue weighted by atomic mass is 35.5. The summed E-state index contributed by atoms with van der Waals surface area (Å²) >= 11 is 6.17. The monoisotopic (exact) mass is 486 g/mol. The SMILES string of the molecule is CN(C)/C=N/S(=O)(=O)c1cc(CN2CCC(Oc3ccc4cnccc4c3)CC2)ccc1Cl. The van der Waals surface area contributed by atoms with Gasteiger partial charge in [0.1, 0.15) is 23.1 Å². The van der Waals surface area contributed by atoms with Crippen molar-refractivity contribution in [3.8, 4) is 5.75 Å². The maximum atomic E-state index is 12.6. The second-order valence-electron chi connectivity index (χ2n) is 8.40. The van der Waals surface area contributed by atoms with Crippen LogP contribution < -0.4 is 4.74 Å². The van der Waals surface area contributed by atoms with E-state index in [0.717, 1.165) is 48.0 Å². The molecule has 1 aliphatic heterocycles. The minimum absolute atomic E-state index is 0.0319. The zero-order valence-electron chi connectivity index (χ0n) is 18.7. The molecule has 0 saturated carbocycles. The van der Waals surface area contributed by atoms with Gasteiger partial charge in [-0.3, -0.25) is 9.88 Å². The fraction of sp³-hybridized carbons (Fsp3) is 0.333. The summed E-state index contributed by atoms with van der Waals surface area (Å²) < 4.78 is 35.0. The highest BCUT2D eigenvalue weighted by molar-refractivity contribution is 7.90. The van der Waals surface area contributed by atoms with Crippen LogP contribution in [0.15, 0.2) is 64.2 Å². The smallest absolute Gasteiger partial charge is 0.285 e. The Hall–Kier alpha value is -2.68. The summed E-state index contributed by atoms with van der Waals surface area (Å²) in [6.07, 6.45) is 6.85. The third kappa shape index (κ3) is 6.01. The Morgan fingerprint density at radius 2 is 1.94 bits per heavy atom. The van der Waals surface area contributed by atoms with Gasteiger partial charge in [-0.2, -0.15) is 8.42 Å². The molecular formula is C24H27ClN4O3S. The molecule has 1 fully saturated rings. The maximum Gasteiger partial charge on any atom is 0.285 e. The largest absolute Gasteiger partial charge is 0.490 e. The molecule has 2 heterocycles. The lowest BCUT2D eigenvalue weighted by Gasteiger charge is -2.32. The summed E-state index contributed by atoms with van der Waals surface area (Å²) in [6.45, 7) is 2.38. The summed E-state index contributed by atoms with van der Waals surface area (Å²) in [7, 11) is -0.435. The molecule has 33 heavy (non-hydrogen) atoms. The molecule has 0 aliphatic carbocycles. The van der Waals surface area contributed by atoms with Crippen LogP contribution in [0.25, 0.3) is 10.8 Å². The molecule has 0 spiro atoms. The van der Waals surface area contributed by atoms with Crippen LogP contribution in [0.4, 0.5) is 0 Å². The number of pyridine rings is 1. The molecule has 0 bridgehead atoms. The van der Waals surface area contributed by atoms with Crippen LogP contribution in [0, 0.1) is 0 Å². The van der Waals surface area contributed by atoms with E-state index in [4.69, 9.17) is 16.3 Å². The standard InChI is InChI=1S/C24H27ClN4O3S/c1-28(2)17-27-33(30,31)24-13-18(3-6-23(24)25)16-29-11-8-21(9-12-29)32-22-5-4-20-15-26-10-7-19(20)14-22/h3-7,10,13-15,17,21H,8-9,11-12,16H2,1-2H3/b27-17+. The van der Waals surface area contributed by atoms with Gasteiger partial charge in [0.2, 0.25) is 0 Å². The Balaban J connectivity index is 1.36. The van der Waals surface area contributed by atoms with Crippen LogP contribution in [0.3, 0.4) is 0 Å². The molecule has 1 aliphatic rings. The van der Waals surface area contributed by atoms with Crippen LogP contribution >= 0.6 is 11.6 Å². The predicted octanol–water partition coefficient (Wildman–Crippen LogP) is 4.21. The van der Waals surface area contributed by atoms with E-state index < -0.39 is 10.0 Å². The third-order valence-corrected chi connectivity index (χ3v) is 7.25. The fourth-order valence-electron chi connectivity index (χ4n) is 3.83. The quantitative estimate of drug-likeness (QED) is 0.368. The number of ether oxygens (including phenoxy) is 1. The average Bonchev–Trinajstić information content (AvgIpc) is 2.80. The van der Waals surface area contributed by atoms with Crippen molar-refractivity contribution in [2.75, 3.05) is 27.2 Å². The second kappa shape index (κ2) is 10.1. The molecule has 174 valence electrons. The zero-order valence-corrected chi connectivity index (χ0v) is 20.3. The molecule has 4 rings (SSSR count). The first-order valence-corrected chi connectivity index (χ1v) is 12.6. The van der Waals surface area contributed by atoms with Crippen molar-refractivity contribution in [3.63, 3.8) is 0 Å². The Bertz CT molecular complexity index is 1260. The molecule has 3 aromatic rings. The van der Waals surface area contributed by atoms with Gasteiger partial charge in [0.25, 0.3) is 10.0 Å². The molecule has 2 aromatic carbocycles. The van der Waals surface area contributed by atoms with E-state index in [9.17, 15) is 8.42 Å². The highest BCUT2D eigenvalue weighted by Crippen LogP contribution is 2.27. The van der Waals surface area contributed by atoms with E-state index in [1.807, 2.05) is 30.5 Å². The Kier molecular flexibility index (Phi) is 7.17. The topological polar surface area (TPSA) is 75.1 Å². The molecule has 0 radical (unpaired) electrons. The van der Waals surface area contributed by atoms with Gasteiger partial charge in [-0.25, -0.2) is 0 Å². The first-order chi connectivity index (χ1) is 15.8. The van der Waals surface area contributed by atoms with Crippen molar-refractivity contribution in [1.82, 2.24) is 14.8 Å². The van der Waals surface area contributed by atoms with Gasteiger partial charge in [0.15, 0.2) is 0 Å². The van der Waals surface area contributed by atoms with Gasteiger partial charge in [-0.05, 0) is 60.2 Å². The number of piperidine rings is 1. The zero-order chi connectivity index (χ0) is 23.4. The first kappa shape index (κ1) is 23.5. The van der Waals surface area contributed by atoms with E-state index in [1.165, 1.54) is 6.34 Å². The lowest BCUT2D eigenvalue weighted by Crippen LogP contribution is -2.37. The van der Waals surface area contributed by atoms with Crippen LogP contribution in [-0.2, 0) is 16.6 Å². The molecule has 1 saturated heterocycles. The molecule has 0 N–H and O–H groups in total. The van der Waals surface area contributed by atoms with Crippen molar-refractivity contribution in [1.29, 1.82) is 0 Å². The Morgan fingerprint density at radius 3 is 2.70 bits per heavy atom. The highest BCUT2D eigenvalue weighted by Gasteiger charge is 2.22.